The van der Waals surface area contributed by atoms with E-state index in [2.05, 4.69) is 146 Å². The van der Waals surface area contributed by atoms with E-state index in [4.69, 9.17) is 0 Å². The van der Waals surface area contributed by atoms with Crippen LogP contribution in [0.25, 0.3) is 33.2 Å². The molecule has 0 N–H and O–H groups in total. The summed E-state index contributed by atoms with van der Waals surface area (Å²) in [5, 5.41) is 5.12. The zero-order valence-corrected chi connectivity index (χ0v) is 19.1. The minimum absolute atomic E-state index is 0.180. The fourth-order valence-electron chi connectivity index (χ4n) is 4.96. The molecule has 0 saturated carbocycles. The van der Waals surface area contributed by atoms with Gasteiger partial charge in [-0.3, -0.25) is 0 Å². The smallest absolute Gasteiger partial charge is 0.0353 e. The predicted molar refractivity (Wildman–Crippen MR) is 147 cm³/mol. The lowest BCUT2D eigenvalue weighted by Gasteiger charge is -2.31. The van der Waals surface area contributed by atoms with Crippen molar-refractivity contribution in [1.29, 1.82) is 0 Å². The van der Waals surface area contributed by atoms with Gasteiger partial charge in [0.1, 0.15) is 0 Å². The van der Waals surface area contributed by atoms with Gasteiger partial charge in [-0.05, 0) is 62.4 Å². The summed E-state index contributed by atoms with van der Waals surface area (Å²) in [4.78, 5) is 0. The van der Waals surface area contributed by atoms with E-state index in [0.717, 1.165) is 6.42 Å². The van der Waals surface area contributed by atoms with Crippen molar-refractivity contribution in [3.63, 3.8) is 0 Å². The molecule has 0 fully saturated rings. The van der Waals surface area contributed by atoms with Gasteiger partial charge in [-0.15, -0.1) is 0 Å². The van der Waals surface area contributed by atoms with Gasteiger partial charge in [0.15, 0.2) is 0 Å². The highest BCUT2D eigenvalue weighted by atomic mass is 14.3. The van der Waals surface area contributed by atoms with Crippen LogP contribution in [0.5, 0.6) is 0 Å². The molecule has 34 heavy (non-hydrogen) atoms. The SMILES string of the molecule is C1=CC(/C=C/c2ccccc2)(c2ccc3ccccc3c2)CC=C1c1ccc2ccccc2c1. The van der Waals surface area contributed by atoms with E-state index in [1.807, 2.05) is 0 Å². The zero-order valence-electron chi connectivity index (χ0n) is 19.1. The highest BCUT2D eigenvalue weighted by Crippen LogP contribution is 2.39. The molecule has 0 heteroatoms. The van der Waals surface area contributed by atoms with Crippen molar-refractivity contribution in [3.05, 3.63) is 156 Å². The molecule has 5 aromatic rings. The summed E-state index contributed by atoms with van der Waals surface area (Å²) < 4.78 is 0. The summed E-state index contributed by atoms with van der Waals surface area (Å²) in [6.45, 7) is 0. The van der Waals surface area contributed by atoms with Gasteiger partial charge >= 0.3 is 0 Å². The van der Waals surface area contributed by atoms with Crippen molar-refractivity contribution < 1.29 is 0 Å². The molecule has 6 rings (SSSR count). The van der Waals surface area contributed by atoms with Crippen molar-refractivity contribution in [2.45, 2.75) is 11.8 Å². The Kier molecular flexibility index (Phi) is 5.20. The maximum absolute atomic E-state index is 2.40. The average molecular weight is 435 g/mol. The monoisotopic (exact) mass is 434 g/mol. The van der Waals surface area contributed by atoms with Crippen LogP contribution in [-0.4, -0.2) is 0 Å². The molecule has 162 valence electrons. The second kappa shape index (κ2) is 8.65. The molecule has 1 aliphatic rings. The van der Waals surface area contributed by atoms with Crippen LogP contribution in [0.3, 0.4) is 0 Å². The molecule has 0 radical (unpaired) electrons. The number of hydrogen-bond donors (Lipinski definition) is 0. The maximum atomic E-state index is 2.40. The first-order valence-electron chi connectivity index (χ1n) is 11.9. The number of benzene rings is 5. The number of fused-ring (bicyclic) bond motifs is 2. The van der Waals surface area contributed by atoms with Crippen molar-refractivity contribution in [3.8, 4) is 0 Å². The Bertz CT molecular complexity index is 1570. The summed E-state index contributed by atoms with van der Waals surface area (Å²) in [6.07, 6.45) is 12.6. The molecular formula is C34H26. The van der Waals surface area contributed by atoms with E-state index in [1.165, 1.54) is 43.8 Å². The number of hydrogen-bond acceptors (Lipinski definition) is 0. The summed E-state index contributed by atoms with van der Waals surface area (Å²) in [6, 6.07) is 41.4. The van der Waals surface area contributed by atoms with Crippen molar-refractivity contribution in [2.24, 2.45) is 0 Å². The molecule has 0 bridgehead atoms. The Morgan fingerprint density at radius 3 is 1.94 bits per heavy atom. The lowest BCUT2D eigenvalue weighted by molar-refractivity contribution is 0.681. The lowest BCUT2D eigenvalue weighted by atomic mass is 9.73. The van der Waals surface area contributed by atoms with E-state index in [1.54, 1.807) is 0 Å². The number of allylic oxidation sites excluding steroid dienone is 5. The summed E-state index contributed by atoms with van der Waals surface area (Å²) in [7, 11) is 0. The van der Waals surface area contributed by atoms with Gasteiger partial charge in [0.05, 0.1) is 0 Å². The van der Waals surface area contributed by atoms with E-state index in [9.17, 15) is 0 Å². The molecule has 1 atom stereocenters. The summed E-state index contributed by atoms with van der Waals surface area (Å²) in [5.74, 6) is 0. The van der Waals surface area contributed by atoms with Crippen LogP contribution >= 0.6 is 0 Å². The second-order valence-corrected chi connectivity index (χ2v) is 9.11. The van der Waals surface area contributed by atoms with Crippen LogP contribution in [0.1, 0.15) is 23.1 Å². The highest BCUT2D eigenvalue weighted by molar-refractivity contribution is 5.89. The third kappa shape index (κ3) is 3.89. The van der Waals surface area contributed by atoms with Crippen LogP contribution in [0.15, 0.2) is 140 Å². The molecule has 1 unspecified atom stereocenters. The van der Waals surface area contributed by atoms with Gasteiger partial charge in [0.2, 0.25) is 0 Å². The molecule has 0 spiro atoms. The van der Waals surface area contributed by atoms with E-state index >= 15 is 0 Å². The Morgan fingerprint density at radius 2 is 1.24 bits per heavy atom. The average Bonchev–Trinajstić information content (AvgIpc) is 2.92. The minimum Gasteiger partial charge on any atom is -0.0752 e. The normalized spacial score (nSPS) is 17.9. The van der Waals surface area contributed by atoms with Gasteiger partial charge in [-0.25, -0.2) is 0 Å². The topological polar surface area (TPSA) is 0 Å². The Morgan fingerprint density at radius 1 is 0.588 bits per heavy atom. The maximum Gasteiger partial charge on any atom is 0.0353 e. The first-order valence-corrected chi connectivity index (χ1v) is 11.9. The fourth-order valence-corrected chi connectivity index (χ4v) is 4.96. The second-order valence-electron chi connectivity index (χ2n) is 9.11. The molecule has 1 aliphatic carbocycles. The highest BCUT2D eigenvalue weighted by Gasteiger charge is 2.28. The van der Waals surface area contributed by atoms with Crippen LogP contribution in [-0.2, 0) is 5.41 Å². The van der Waals surface area contributed by atoms with Crippen LogP contribution in [0.4, 0.5) is 0 Å². The molecule has 0 heterocycles. The summed E-state index contributed by atoms with van der Waals surface area (Å²) in [5.41, 5.74) is 4.92. The third-order valence-corrected chi connectivity index (χ3v) is 6.96. The molecule has 5 aromatic carbocycles. The molecule has 0 aromatic heterocycles. The lowest BCUT2D eigenvalue weighted by Crippen LogP contribution is -2.22. The van der Waals surface area contributed by atoms with Crippen molar-refractivity contribution in [2.75, 3.05) is 0 Å². The van der Waals surface area contributed by atoms with Crippen molar-refractivity contribution >= 4 is 33.2 Å². The van der Waals surface area contributed by atoms with Gasteiger partial charge in [-0.2, -0.15) is 0 Å². The summed E-state index contributed by atoms with van der Waals surface area (Å²) >= 11 is 0. The zero-order chi connectivity index (χ0) is 22.8. The Labute approximate surface area is 201 Å². The van der Waals surface area contributed by atoms with Gasteiger partial charge in [-0.1, -0.05) is 134 Å². The van der Waals surface area contributed by atoms with E-state index in [-0.39, 0.29) is 5.41 Å². The third-order valence-electron chi connectivity index (χ3n) is 6.96. The minimum atomic E-state index is -0.180. The fraction of sp³-hybridized carbons (Fsp3) is 0.0588. The first-order chi connectivity index (χ1) is 16.8. The van der Waals surface area contributed by atoms with Crippen LogP contribution in [0.2, 0.25) is 0 Å². The quantitative estimate of drug-likeness (QED) is 0.265. The standard InChI is InChI=1S/C34H26/c1-2-8-26(9-3-1)18-21-34(33-17-16-28-11-5-7-13-31(28)25-33)22-19-29(20-23-34)32-15-14-27-10-4-6-12-30(27)24-32/h1-22,24-25H,23H2/b21-18+. The largest absolute Gasteiger partial charge is 0.0752 e. The molecule has 0 aliphatic heterocycles. The van der Waals surface area contributed by atoms with E-state index in [0.29, 0.717) is 0 Å². The van der Waals surface area contributed by atoms with Crippen LogP contribution < -0.4 is 0 Å². The predicted octanol–water partition coefficient (Wildman–Crippen LogP) is 8.99. The van der Waals surface area contributed by atoms with Gasteiger partial charge in [0, 0.05) is 5.41 Å². The molecule has 0 saturated heterocycles. The molecular weight excluding hydrogens is 408 g/mol. The van der Waals surface area contributed by atoms with Gasteiger partial charge < -0.3 is 0 Å². The molecule has 0 nitrogen and oxygen atoms in total. The Balaban J connectivity index is 1.41. The number of rotatable bonds is 4. The van der Waals surface area contributed by atoms with Crippen LogP contribution in [0, 0.1) is 0 Å². The Hall–Kier alpha value is -4.16. The van der Waals surface area contributed by atoms with Gasteiger partial charge in [0.25, 0.3) is 0 Å². The molecule has 0 amide bonds. The van der Waals surface area contributed by atoms with E-state index < -0.39 is 0 Å². The first kappa shape index (κ1) is 20.4. The van der Waals surface area contributed by atoms with Crippen molar-refractivity contribution in [1.82, 2.24) is 0 Å².